The predicted molar refractivity (Wildman–Crippen MR) is 57.9 cm³/mol. The van der Waals surface area contributed by atoms with Gasteiger partial charge in [-0.2, -0.15) is 4.39 Å². The number of nitrogens with one attached hydrogen (secondary N) is 1. The van der Waals surface area contributed by atoms with Crippen molar-refractivity contribution in [2.24, 2.45) is 5.92 Å². The van der Waals surface area contributed by atoms with E-state index >= 15 is 0 Å². The van der Waals surface area contributed by atoms with Crippen LogP contribution in [0.25, 0.3) is 0 Å². The van der Waals surface area contributed by atoms with E-state index in [1.807, 2.05) is 0 Å². The molecule has 92 valence electrons. The third-order valence-corrected chi connectivity index (χ3v) is 2.23. The third kappa shape index (κ3) is 4.18. The Labute approximate surface area is 97.7 Å². The highest BCUT2D eigenvalue weighted by molar-refractivity contribution is 5.92. The first-order valence-corrected chi connectivity index (χ1v) is 5.14. The number of pyridine rings is 1. The van der Waals surface area contributed by atoms with Gasteiger partial charge >= 0.3 is 5.97 Å². The van der Waals surface area contributed by atoms with Gasteiger partial charge < -0.3 is 10.4 Å². The van der Waals surface area contributed by atoms with E-state index in [9.17, 15) is 14.0 Å². The van der Waals surface area contributed by atoms with Crippen molar-refractivity contribution < 1.29 is 19.1 Å². The van der Waals surface area contributed by atoms with Gasteiger partial charge in [-0.3, -0.25) is 9.59 Å². The van der Waals surface area contributed by atoms with E-state index in [2.05, 4.69) is 10.3 Å². The Bertz CT molecular complexity index is 423. The molecule has 2 N–H and O–H groups in total. The monoisotopic (exact) mass is 240 g/mol. The summed E-state index contributed by atoms with van der Waals surface area (Å²) in [7, 11) is 0. The molecular weight excluding hydrogens is 227 g/mol. The number of hydrogen-bond acceptors (Lipinski definition) is 3. The molecular formula is C11H13FN2O3. The molecule has 1 aromatic rings. The average Bonchev–Trinajstić information content (AvgIpc) is 2.28. The molecule has 5 nitrogen and oxygen atoms in total. The molecule has 0 spiro atoms. The highest BCUT2D eigenvalue weighted by Crippen LogP contribution is 2.01. The van der Waals surface area contributed by atoms with Crippen molar-refractivity contribution in [2.75, 3.05) is 6.54 Å². The van der Waals surface area contributed by atoms with Gasteiger partial charge in [-0.25, -0.2) is 4.98 Å². The molecule has 0 aliphatic heterocycles. The highest BCUT2D eigenvalue weighted by Gasteiger charge is 2.12. The second-order valence-electron chi connectivity index (χ2n) is 3.63. The van der Waals surface area contributed by atoms with E-state index in [4.69, 9.17) is 5.11 Å². The maximum Gasteiger partial charge on any atom is 0.306 e. The lowest BCUT2D eigenvalue weighted by atomic mass is 10.1. The predicted octanol–water partition coefficient (Wildman–Crippen LogP) is 1.06. The fourth-order valence-corrected chi connectivity index (χ4v) is 1.15. The van der Waals surface area contributed by atoms with E-state index in [1.165, 1.54) is 12.1 Å². The second kappa shape index (κ2) is 5.93. The van der Waals surface area contributed by atoms with Gasteiger partial charge in [-0.05, 0) is 18.6 Å². The van der Waals surface area contributed by atoms with Crippen LogP contribution < -0.4 is 5.32 Å². The Morgan fingerprint density at radius 2 is 2.24 bits per heavy atom. The molecule has 6 heteroatoms. The number of amides is 1. The van der Waals surface area contributed by atoms with Gasteiger partial charge in [0.15, 0.2) is 0 Å². The highest BCUT2D eigenvalue weighted by atomic mass is 19.1. The lowest BCUT2D eigenvalue weighted by Gasteiger charge is -2.07. The normalized spacial score (nSPS) is 11.9. The molecule has 1 atom stereocenters. The molecule has 0 saturated carbocycles. The Hall–Kier alpha value is -1.98. The zero-order valence-electron chi connectivity index (χ0n) is 9.31. The molecule has 1 rings (SSSR count). The lowest BCUT2D eigenvalue weighted by Crippen LogP contribution is -2.27. The largest absolute Gasteiger partial charge is 0.481 e. The van der Waals surface area contributed by atoms with Crippen LogP contribution in [-0.4, -0.2) is 28.5 Å². The summed E-state index contributed by atoms with van der Waals surface area (Å²) in [6.07, 6.45) is 0.316. The number of aliphatic carboxylic acids is 1. The number of carboxylic acids is 1. The molecule has 1 unspecified atom stereocenters. The summed E-state index contributed by atoms with van der Waals surface area (Å²) < 4.78 is 12.7. The van der Waals surface area contributed by atoms with Crippen LogP contribution in [0.5, 0.6) is 0 Å². The number of rotatable bonds is 5. The van der Waals surface area contributed by atoms with E-state index < -0.39 is 23.7 Å². The van der Waals surface area contributed by atoms with Crippen molar-refractivity contribution in [1.29, 1.82) is 0 Å². The van der Waals surface area contributed by atoms with E-state index in [0.29, 0.717) is 6.42 Å². The minimum atomic E-state index is -0.914. The van der Waals surface area contributed by atoms with Crippen LogP contribution in [0, 0.1) is 11.9 Å². The maximum absolute atomic E-state index is 12.7. The van der Waals surface area contributed by atoms with Crippen LogP contribution in [0.4, 0.5) is 4.39 Å². The molecule has 0 aromatic carbocycles. The smallest absolute Gasteiger partial charge is 0.306 e. The minimum Gasteiger partial charge on any atom is -0.481 e. The first-order valence-electron chi connectivity index (χ1n) is 5.14. The Morgan fingerprint density at radius 1 is 1.53 bits per heavy atom. The average molecular weight is 240 g/mol. The van der Waals surface area contributed by atoms with Gasteiger partial charge in [0.2, 0.25) is 5.95 Å². The number of nitrogens with zero attached hydrogens (tertiary/aromatic N) is 1. The Kier molecular flexibility index (Phi) is 4.56. The fourth-order valence-electron chi connectivity index (χ4n) is 1.15. The van der Waals surface area contributed by atoms with Crippen molar-refractivity contribution in [2.45, 2.75) is 13.3 Å². The molecule has 17 heavy (non-hydrogen) atoms. The van der Waals surface area contributed by atoms with Gasteiger partial charge in [0.1, 0.15) is 5.69 Å². The van der Waals surface area contributed by atoms with Crippen LogP contribution >= 0.6 is 0 Å². The summed E-state index contributed by atoms with van der Waals surface area (Å²) in [6, 6.07) is 3.92. The maximum atomic E-state index is 12.7. The van der Waals surface area contributed by atoms with Crippen LogP contribution in [0.3, 0.4) is 0 Å². The zero-order chi connectivity index (χ0) is 12.8. The van der Waals surface area contributed by atoms with E-state index in [0.717, 1.165) is 6.07 Å². The molecule has 0 aliphatic carbocycles. The lowest BCUT2D eigenvalue weighted by molar-refractivity contribution is -0.141. The molecule has 1 amide bonds. The number of carboxylic acid groups (broad SMARTS) is 1. The first-order chi connectivity index (χ1) is 8.00. The molecule has 1 heterocycles. The van der Waals surface area contributed by atoms with Crippen molar-refractivity contribution in [1.82, 2.24) is 10.3 Å². The molecule has 0 radical (unpaired) electrons. The summed E-state index contributed by atoms with van der Waals surface area (Å²) in [5.74, 6) is -2.68. The van der Waals surface area contributed by atoms with Crippen LogP contribution in [0.1, 0.15) is 23.8 Å². The third-order valence-electron chi connectivity index (χ3n) is 2.23. The number of hydrogen-bond donors (Lipinski definition) is 2. The zero-order valence-corrected chi connectivity index (χ0v) is 9.31. The second-order valence-corrected chi connectivity index (χ2v) is 3.63. The topological polar surface area (TPSA) is 79.3 Å². The summed E-state index contributed by atoms with van der Waals surface area (Å²) in [5, 5.41) is 11.1. The number of carbonyl (C=O) groups is 2. The van der Waals surface area contributed by atoms with Gasteiger partial charge in [0, 0.05) is 6.54 Å². The Morgan fingerprint density at radius 3 is 2.82 bits per heavy atom. The van der Waals surface area contributed by atoms with E-state index in [1.54, 1.807) is 6.92 Å². The van der Waals surface area contributed by atoms with Crippen molar-refractivity contribution >= 4 is 11.9 Å². The molecule has 1 aromatic heterocycles. The summed E-state index contributed by atoms with van der Waals surface area (Å²) in [6.45, 7) is 1.76. The van der Waals surface area contributed by atoms with Gasteiger partial charge in [0.05, 0.1) is 5.92 Å². The summed E-state index contributed by atoms with van der Waals surface area (Å²) >= 11 is 0. The quantitative estimate of drug-likeness (QED) is 0.754. The molecule has 0 saturated heterocycles. The molecule has 0 fully saturated rings. The van der Waals surface area contributed by atoms with Gasteiger partial charge in [0.25, 0.3) is 5.91 Å². The number of carbonyl (C=O) groups excluding carboxylic acids is 1. The summed E-state index contributed by atoms with van der Waals surface area (Å²) in [4.78, 5) is 25.4. The van der Waals surface area contributed by atoms with Crippen molar-refractivity contribution in [3.05, 3.63) is 29.8 Å². The molecule has 0 bridgehead atoms. The van der Waals surface area contributed by atoms with Crippen molar-refractivity contribution in [3.8, 4) is 0 Å². The minimum absolute atomic E-state index is 0.0204. The standard InChI is InChI=1S/C11H13FN2O3/c1-7(11(16)17)5-6-13-10(15)8-3-2-4-9(12)14-8/h2-4,7H,5-6H2,1H3,(H,13,15)(H,16,17). The van der Waals surface area contributed by atoms with Crippen LogP contribution in [0.15, 0.2) is 18.2 Å². The molecule has 0 aliphatic rings. The summed E-state index contributed by atoms with van der Waals surface area (Å²) in [5.41, 5.74) is -0.0204. The SMILES string of the molecule is CC(CCNC(=O)c1cccc(F)n1)C(=O)O. The van der Waals surface area contributed by atoms with Crippen LogP contribution in [0.2, 0.25) is 0 Å². The number of halogens is 1. The first kappa shape index (κ1) is 13.1. The fraction of sp³-hybridized carbons (Fsp3) is 0.364. The van der Waals surface area contributed by atoms with E-state index in [-0.39, 0.29) is 12.2 Å². The van der Waals surface area contributed by atoms with Gasteiger partial charge in [-0.1, -0.05) is 13.0 Å². The Balaban J connectivity index is 2.43. The van der Waals surface area contributed by atoms with Crippen LogP contribution in [-0.2, 0) is 4.79 Å². The van der Waals surface area contributed by atoms with Crippen molar-refractivity contribution in [3.63, 3.8) is 0 Å². The number of aromatic nitrogens is 1. The van der Waals surface area contributed by atoms with Gasteiger partial charge in [-0.15, -0.1) is 0 Å².